The van der Waals surface area contributed by atoms with Gasteiger partial charge < -0.3 is 9.84 Å². The minimum absolute atomic E-state index is 0.109. The van der Waals surface area contributed by atoms with Gasteiger partial charge in [-0.25, -0.2) is 0 Å². The number of hydrogen-bond acceptors (Lipinski definition) is 2. The molecule has 3 aliphatic carbocycles. The molecule has 0 aliphatic heterocycles. The zero-order chi connectivity index (χ0) is 14.6. The molecule has 21 heavy (non-hydrogen) atoms. The molecular weight excluding hydrogens is 260 g/mol. The number of benzene rings is 1. The Balaban J connectivity index is 1.76. The molecule has 0 saturated heterocycles. The maximum atomic E-state index is 10.4. The zero-order valence-corrected chi connectivity index (χ0v) is 12.9. The molecule has 1 fully saturated rings. The first-order chi connectivity index (χ1) is 10.1. The zero-order valence-electron chi connectivity index (χ0n) is 12.9. The molecule has 0 aromatic heterocycles. The van der Waals surface area contributed by atoms with Crippen molar-refractivity contribution in [2.24, 2.45) is 17.3 Å². The molecule has 1 saturated carbocycles. The van der Waals surface area contributed by atoms with Crippen LogP contribution in [0.2, 0.25) is 0 Å². The highest BCUT2D eigenvalue weighted by atomic mass is 16.5. The van der Waals surface area contributed by atoms with Gasteiger partial charge in [0.15, 0.2) is 0 Å². The van der Waals surface area contributed by atoms with Gasteiger partial charge >= 0.3 is 0 Å². The summed E-state index contributed by atoms with van der Waals surface area (Å²) in [5, 5.41) is 10.4. The van der Waals surface area contributed by atoms with Gasteiger partial charge in [0.2, 0.25) is 0 Å². The van der Waals surface area contributed by atoms with E-state index in [9.17, 15) is 5.11 Å². The number of allylic oxidation sites excluding steroid dienone is 2. The van der Waals surface area contributed by atoms with Crippen molar-refractivity contribution in [3.8, 4) is 5.75 Å². The van der Waals surface area contributed by atoms with Crippen LogP contribution in [0.3, 0.4) is 0 Å². The monoisotopic (exact) mass is 284 g/mol. The predicted octanol–water partition coefficient (Wildman–Crippen LogP) is 3.82. The maximum Gasteiger partial charge on any atom is 0.119 e. The third-order valence-corrected chi connectivity index (χ3v) is 6.35. The van der Waals surface area contributed by atoms with Crippen LogP contribution in [-0.2, 0) is 6.42 Å². The normalized spacial score (nSPS) is 37.3. The number of aliphatic hydroxyl groups is 1. The van der Waals surface area contributed by atoms with E-state index < -0.39 is 0 Å². The lowest BCUT2D eigenvalue weighted by molar-refractivity contribution is 0.0251. The van der Waals surface area contributed by atoms with Crippen LogP contribution in [0.15, 0.2) is 24.3 Å². The third-order valence-electron chi connectivity index (χ3n) is 6.35. The first-order valence-electron chi connectivity index (χ1n) is 8.19. The minimum Gasteiger partial charge on any atom is -0.497 e. The summed E-state index contributed by atoms with van der Waals surface area (Å²) in [6.07, 6.45) is 7.85. The van der Waals surface area contributed by atoms with Crippen molar-refractivity contribution >= 4 is 5.57 Å². The van der Waals surface area contributed by atoms with Crippen LogP contribution in [0.5, 0.6) is 5.75 Å². The van der Waals surface area contributed by atoms with Crippen LogP contribution in [0.25, 0.3) is 5.57 Å². The second kappa shape index (κ2) is 4.61. The molecule has 2 nitrogen and oxygen atoms in total. The fourth-order valence-corrected chi connectivity index (χ4v) is 5.05. The van der Waals surface area contributed by atoms with Gasteiger partial charge in [-0.05, 0) is 72.8 Å². The maximum absolute atomic E-state index is 10.4. The first-order valence-corrected chi connectivity index (χ1v) is 8.19. The van der Waals surface area contributed by atoms with Crippen molar-refractivity contribution in [1.82, 2.24) is 0 Å². The third kappa shape index (κ3) is 1.81. The lowest BCUT2D eigenvalue weighted by Crippen LogP contribution is -2.40. The second-order valence-corrected chi connectivity index (χ2v) is 7.24. The molecule has 3 aliphatic rings. The Morgan fingerprint density at radius 2 is 2.10 bits per heavy atom. The molecule has 1 N–H and O–H groups in total. The van der Waals surface area contributed by atoms with Crippen LogP contribution in [-0.4, -0.2) is 18.3 Å². The summed E-state index contributed by atoms with van der Waals surface area (Å²) in [6.45, 7) is 2.30. The van der Waals surface area contributed by atoms with E-state index in [1.54, 1.807) is 7.11 Å². The van der Waals surface area contributed by atoms with Crippen LogP contribution >= 0.6 is 0 Å². The molecule has 2 heteroatoms. The van der Waals surface area contributed by atoms with Gasteiger partial charge in [0.1, 0.15) is 5.75 Å². The van der Waals surface area contributed by atoms with Crippen LogP contribution in [0.1, 0.15) is 43.7 Å². The van der Waals surface area contributed by atoms with Crippen LogP contribution < -0.4 is 4.74 Å². The topological polar surface area (TPSA) is 29.5 Å². The number of fused-ring (bicyclic) bond motifs is 5. The van der Waals surface area contributed by atoms with Crippen molar-refractivity contribution in [2.45, 2.75) is 45.1 Å². The Kier molecular flexibility index (Phi) is 2.94. The highest BCUT2D eigenvalue weighted by molar-refractivity contribution is 5.73. The van der Waals surface area contributed by atoms with E-state index in [2.05, 4.69) is 31.2 Å². The largest absolute Gasteiger partial charge is 0.497 e. The van der Waals surface area contributed by atoms with Gasteiger partial charge in [-0.15, -0.1) is 0 Å². The summed E-state index contributed by atoms with van der Waals surface area (Å²) >= 11 is 0. The molecule has 112 valence electrons. The van der Waals surface area contributed by atoms with Crippen molar-refractivity contribution in [1.29, 1.82) is 0 Å². The molecule has 0 bridgehead atoms. The highest BCUT2D eigenvalue weighted by Crippen LogP contribution is 2.58. The molecule has 4 rings (SSSR count). The second-order valence-electron chi connectivity index (χ2n) is 7.24. The van der Waals surface area contributed by atoms with E-state index >= 15 is 0 Å². The standard InChI is InChI=1S/C19H24O2/c1-19-10-9-15-14-6-4-13(21-2)11-12(14)3-5-16(15)17(19)7-8-18(19)20/h4,6,9,11,16-18,20H,3,5,7-8,10H2,1-2H3/t16-,17+,18-,19-/m0/s1. The van der Waals surface area contributed by atoms with E-state index in [0.29, 0.717) is 11.8 Å². The molecule has 0 unspecified atom stereocenters. The number of rotatable bonds is 1. The Labute approximate surface area is 126 Å². The molecule has 0 heterocycles. The fraction of sp³-hybridized carbons (Fsp3) is 0.579. The van der Waals surface area contributed by atoms with Crippen molar-refractivity contribution < 1.29 is 9.84 Å². The molecule has 1 aromatic carbocycles. The quantitative estimate of drug-likeness (QED) is 0.849. The summed E-state index contributed by atoms with van der Waals surface area (Å²) in [5.74, 6) is 2.26. The van der Waals surface area contributed by atoms with E-state index in [-0.39, 0.29) is 11.5 Å². The van der Waals surface area contributed by atoms with Crippen molar-refractivity contribution in [3.05, 3.63) is 35.4 Å². The van der Waals surface area contributed by atoms with Gasteiger partial charge in [-0.2, -0.15) is 0 Å². The molecule has 0 radical (unpaired) electrons. The van der Waals surface area contributed by atoms with Gasteiger partial charge in [0, 0.05) is 5.41 Å². The molecular formula is C19H24O2. The molecule has 0 spiro atoms. The number of methoxy groups -OCH3 is 1. The van der Waals surface area contributed by atoms with E-state index in [1.807, 2.05) is 0 Å². The van der Waals surface area contributed by atoms with Crippen molar-refractivity contribution in [3.63, 3.8) is 0 Å². The number of hydrogen-bond donors (Lipinski definition) is 1. The van der Waals surface area contributed by atoms with E-state index in [1.165, 1.54) is 29.5 Å². The fourth-order valence-electron chi connectivity index (χ4n) is 5.05. The Morgan fingerprint density at radius 1 is 1.24 bits per heavy atom. The Morgan fingerprint density at radius 3 is 2.90 bits per heavy atom. The average molecular weight is 284 g/mol. The van der Waals surface area contributed by atoms with Crippen molar-refractivity contribution in [2.75, 3.05) is 7.11 Å². The van der Waals surface area contributed by atoms with Crippen LogP contribution in [0.4, 0.5) is 0 Å². The highest BCUT2D eigenvalue weighted by Gasteiger charge is 2.51. The molecule has 4 atom stereocenters. The summed E-state index contributed by atoms with van der Waals surface area (Å²) in [6, 6.07) is 6.52. The minimum atomic E-state index is -0.113. The van der Waals surface area contributed by atoms with Crippen LogP contribution in [0, 0.1) is 17.3 Å². The molecule has 0 amide bonds. The van der Waals surface area contributed by atoms with E-state index in [4.69, 9.17) is 4.74 Å². The Bertz CT molecular complexity index is 604. The number of aliphatic hydroxyl groups excluding tert-OH is 1. The summed E-state index contributed by atoms with van der Waals surface area (Å²) in [5.41, 5.74) is 4.50. The first kappa shape index (κ1) is 13.4. The lowest BCUT2D eigenvalue weighted by atomic mass is 9.60. The summed E-state index contributed by atoms with van der Waals surface area (Å²) in [7, 11) is 1.73. The van der Waals surface area contributed by atoms with E-state index in [0.717, 1.165) is 25.0 Å². The lowest BCUT2D eigenvalue weighted by Gasteiger charge is -2.45. The van der Waals surface area contributed by atoms with Gasteiger partial charge in [-0.1, -0.05) is 19.1 Å². The van der Waals surface area contributed by atoms with Gasteiger partial charge in [0.05, 0.1) is 13.2 Å². The number of ether oxygens (including phenoxy) is 1. The number of aryl methyl sites for hydroxylation is 1. The SMILES string of the molecule is COc1ccc2c(c1)CC[C@H]1C2=CC[C@@]2(C)[C@@H]1CC[C@@H]2O. The van der Waals surface area contributed by atoms with Gasteiger partial charge in [-0.3, -0.25) is 0 Å². The summed E-state index contributed by atoms with van der Waals surface area (Å²) in [4.78, 5) is 0. The van der Waals surface area contributed by atoms with Gasteiger partial charge in [0.25, 0.3) is 0 Å². The summed E-state index contributed by atoms with van der Waals surface area (Å²) < 4.78 is 5.36. The average Bonchev–Trinajstić information content (AvgIpc) is 2.82. The smallest absolute Gasteiger partial charge is 0.119 e. The Hall–Kier alpha value is -1.28. The predicted molar refractivity (Wildman–Crippen MR) is 84.2 cm³/mol. The molecule has 1 aromatic rings.